The molecular formula is C23H15IN4S. The Morgan fingerprint density at radius 1 is 0.690 bits per heavy atom. The summed E-state index contributed by atoms with van der Waals surface area (Å²) in [7, 11) is 1.68. The van der Waals surface area contributed by atoms with E-state index >= 15 is 0 Å². The number of nitrogens with zero attached hydrogens (tertiary/aromatic N) is 4. The fraction of sp³-hybridized carbons (Fsp3) is 0.0435. The van der Waals surface area contributed by atoms with Crippen LogP contribution in [0.5, 0.6) is 0 Å². The molecule has 0 bridgehead atoms. The molecule has 1 aromatic carbocycles. The van der Waals surface area contributed by atoms with Gasteiger partial charge in [-0.15, -0.1) is 0 Å². The van der Waals surface area contributed by atoms with Crippen molar-refractivity contribution in [3.63, 3.8) is 0 Å². The van der Waals surface area contributed by atoms with E-state index in [0.29, 0.717) is 0 Å². The lowest BCUT2D eigenvalue weighted by Crippen LogP contribution is -1.95. The molecule has 0 spiro atoms. The maximum Gasteiger partial charge on any atom is 0.0984 e. The van der Waals surface area contributed by atoms with Crippen molar-refractivity contribution in [1.29, 1.82) is 0 Å². The molecule has 0 saturated heterocycles. The maximum atomic E-state index is 5.00. The highest BCUT2D eigenvalue weighted by atomic mass is 127. The van der Waals surface area contributed by atoms with Crippen molar-refractivity contribution < 1.29 is 0 Å². The van der Waals surface area contributed by atoms with Gasteiger partial charge in [0.05, 0.1) is 33.8 Å². The summed E-state index contributed by atoms with van der Waals surface area (Å²) in [5.41, 5.74) is 6.38. The highest BCUT2D eigenvalue weighted by Gasteiger charge is 2.14. The Balaban J connectivity index is 1.86. The van der Waals surface area contributed by atoms with Crippen LogP contribution in [-0.2, 0) is 0 Å². The van der Waals surface area contributed by atoms with Gasteiger partial charge in [0.2, 0.25) is 0 Å². The highest BCUT2D eigenvalue weighted by Crippen LogP contribution is 2.37. The van der Waals surface area contributed by atoms with Gasteiger partial charge in [0.1, 0.15) is 0 Å². The fourth-order valence-electron chi connectivity index (χ4n) is 3.47. The van der Waals surface area contributed by atoms with E-state index in [1.165, 1.54) is 0 Å². The Morgan fingerprint density at radius 2 is 1.28 bits per heavy atom. The first-order chi connectivity index (χ1) is 14.2. The zero-order valence-electron chi connectivity index (χ0n) is 15.5. The van der Waals surface area contributed by atoms with Gasteiger partial charge in [0, 0.05) is 49.3 Å². The molecule has 5 aromatic rings. The lowest BCUT2D eigenvalue weighted by atomic mass is 10.0. The summed E-state index contributed by atoms with van der Waals surface area (Å²) in [6, 6.07) is 20.2. The first-order valence-corrected chi connectivity index (χ1v) is 12.5. The monoisotopic (exact) mass is 506 g/mol. The van der Waals surface area contributed by atoms with Crippen LogP contribution < -0.4 is 0 Å². The quantitative estimate of drug-likeness (QED) is 0.202. The van der Waals surface area contributed by atoms with E-state index in [-0.39, 0.29) is 0 Å². The first kappa shape index (κ1) is 18.4. The van der Waals surface area contributed by atoms with Crippen molar-refractivity contribution in [2.75, 3.05) is 0 Å². The average molecular weight is 506 g/mol. The number of halogens is 1. The van der Waals surface area contributed by atoms with Crippen molar-refractivity contribution >= 4 is 51.9 Å². The number of benzene rings is 1. The number of pyridine rings is 4. The molecule has 5 rings (SSSR count). The Labute approximate surface area is 184 Å². The minimum absolute atomic E-state index is 0.854. The van der Waals surface area contributed by atoms with Crippen LogP contribution in [0.3, 0.4) is 0 Å². The number of hydrogen-bond donors (Lipinski definition) is 0. The third-order valence-electron chi connectivity index (χ3n) is 4.86. The maximum absolute atomic E-state index is 5.00. The molecule has 4 aromatic heterocycles. The van der Waals surface area contributed by atoms with Gasteiger partial charge < -0.3 is 0 Å². The predicted molar refractivity (Wildman–Crippen MR) is 128 cm³/mol. The molecule has 0 unspecified atom stereocenters. The number of rotatable bonds is 3. The van der Waals surface area contributed by atoms with Gasteiger partial charge >= 0.3 is 0 Å². The van der Waals surface area contributed by atoms with Gasteiger partial charge in [-0.05, 0) is 48.9 Å². The van der Waals surface area contributed by atoms with Crippen LogP contribution in [0.25, 0.3) is 44.6 Å². The number of aromatic nitrogens is 4. The zero-order valence-corrected chi connectivity index (χ0v) is 18.5. The minimum atomic E-state index is 0.854. The Kier molecular flexibility index (Phi) is 4.89. The molecule has 0 atom stereocenters. The largest absolute Gasteiger partial charge is 0.255 e. The normalized spacial score (nSPS) is 11.2. The van der Waals surface area contributed by atoms with Crippen LogP contribution in [0.4, 0.5) is 0 Å². The Hall–Kier alpha value is -2.58. The number of aryl methyl sites for hydroxylation is 1. The molecular weight excluding hydrogens is 491 g/mol. The molecule has 0 aliphatic heterocycles. The predicted octanol–water partition coefficient (Wildman–Crippen LogP) is 6.66. The SMILES string of the molecule is Cc1cc(-c2ccccn2)nc2c1ccc1c(SI)cc(-c3ccccn3)nc12. The third kappa shape index (κ3) is 3.36. The third-order valence-corrected chi connectivity index (χ3v) is 6.79. The van der Waals surface area contributed by atoms with Crippen LogP contribution in [-0.4, -0.2) is 19.9 Å². The van der Waals surface area contributed by atoms with Gasteiger partial charge in [-0.3, -0.25) is 9.97 Å². The van der Waals surface area contributed by atoms with Crippen molar-refractivity contribution in [2.24, 2.45) is 0 Å². The molecule has 0 aliphatic carbocycles. The van der Waals surface area contributed by atoms with E-state index in [1.807, 2.05) is 36.4 Å². The van der Waals surface area contributed by atoms with Crippen LogP contribution >= 0.6 is 30.1 Å². The average Bonchev–Trinajstić information content (AvgIpc) is 2.79. The summed E-state index contributed by atoms with van der Waals surface area (Å²) in [6.45, 7) is 2.11. The fourth-order valence-corrected chi connectivity index (χ4v) is 4.97. The van der Waals surface area contributed by atoms with Crippen LogP contribution in [0.2, 0.25) is 0 Å². The molecule has 140 valence electrons. The van der Waals surface area contributed by atoms with Crippen molar-refractivity contribution in [3.05, 3.63) is 78.6 Å². The van der Waals surface area contributed by atoms with E-state index in [4.69, 9.17) is 9.97 Å². The smallest absolute Gasteiger partial charge is 0.0984 e. The van der Waals surface area contributed by atoms with Crippen molar-refractivity contribution in [2.45, 2.75) is 11.8 Å². The minimum Gasteiger partial charge on any atom is -0.255 e. The molecule has 4 nitrogen and oxygen atoms in total. The second-order valence-electron chi connectivity index (χ2n) is 6.70. The molecule has 29 heavy (non-hydrogen) atoms. The second kappa shape index (κ2) is 7.68. The van der Waals surface area contributed by atoms with Gasteiger partial charge in [-0.25, -0.2) is 9.97 Å². The van der Waals surface area contributed by atoms with Crippen LogP contribution in [0, 0.1) is 6.92 Å². The van der Waals surface area contributed by atoms with E-state index in [2.05, 4.69) is 62.4 Å². The summed E-state index contributed by atoms with van der Waals surface area (Å²) < 4.78 is 0. The molecule has 0 saturated carbocycles. The molecule has 0 amide bonds. The molecule has 0 N–H and O–H groups in total. The number of hydrogen-bond acceptors (Lipinski definition) is 5. The first-order valence-electron chi connectivity index (χ1n) is 9.11. The molecule has 0 aliphatic rings. The Morgan fingerprint density at radius 3 is 1.86 bits per heavy atom. The standard InChI is InChI=1S/C23H15IN4S/c1-14-12-19(17-6-2-4-10-25-17)27-22-15(14)8-9-16-21(29-24)13-20(28-23(16)22)18-7-3-5-11-26-18/h2-13H,1H3. The van der Waals surface area contributed by atoms with Crippen molar-refractivity contribution in [1.82, 2.24) is 19.9 Å². The number of fused-ring (bicyclic) bond motifs is 3. The summed E-state index contributed by atoms with van der Waals surface area (Å²) >= 11 is 2.32. The summed E-state index contributed by atoms with van der Waals surface area (Å²) in [6.07, 6.45) is 3.59. The zero-order chi connectivity index (χ0) is 19.8. The lowest BCUT2D eigenvalue weighted by molar-refractivity contribution is 1.25. The van der Waals surface area contributed by atoms with E-state index in [1.54, 1.807) is 21.3 Å². The van der Waals surface area contributed by atoms with E-state index < -0.39 is 0 Å². The summed E-state index contributed by atoms with van der Waals surface area (Å²) in [5.74, 6) is 0. The van der Waals surface area contributed by atoms with Crippen LogP contribution in [0.15, 0.2) is 78.0 Å². The topological polar surface area (TPSA) is 51.6 Å². The summed E-state index contributed by atoms with van der Waals surface area (Å²) in [4.78, 5) is 20.1. The molecule has 0 radical (unpaired) electrons. The van der Waals surface area contributed by atoms with E-state index in [9.17, 15) is 0 Å². The van der Waals surface area contributed by atoms with Crippen molar-refractivity contribution in [3.8, 4) is 22.8 Å². The Bertz CT molecular complexity index is 1340. The van der Waals surface area contributed by atoms with E-state index in [0.717, 1.165) is 55.0 Å². The summed E-state index contributed by atoms with van der Waals surface area (Å²) in [5, 5.41) is 2.20. The van der Waals surface area contributed by atoms with Gasteiger partial charge in [-0.2, -0.15) is 0 Å². The van der Waals surface area contributed by atoms with Gasteiger partial charge in [-0.1, -0.05) is 33.2 Å². The lowest BCUT2D eigenvalue weighted by Gasteiger charge is -2.12. The molecule has 4 heterocycles. The highest BCUT2D eigenvalue weighted by molar-refractivity contribution is 14.2. The second-order valence-corrected chi connectivity index (χ2v) is 8.61. The van der Waals surface area contributed by atoms with Gasteiger partial charge in [0.25, 0.3) is 0 Å². The van der Waals surface area contributed by atoms with Gasteiger partial charge in [0.15, 0.2) is 0 Å². The van der Waals surface area contributed by atoms with Crippen LogP contribution in [0.1, 0.15) is 5.56 Å². The molecule has 0 fully saturated rings. The molecule has 6 heteroatoms.